The Morgan fingerprint density at radius 2 is 2.06 bits per heavy atom. The molecule has 1 aromatic heterocycles. The Labute approximate surface area is 99.4 Å². The second-order valence-corrected chi connectivity index (χ2v) is 3.70. The molecule has 0 saturated carbocycles. The Morgan fingerprint density at radius 1 is 1.47 bits per heavy atom. The fourth-order valence-corrected chi connectivity index (χ4v) is 1.19. The van der Waals surface area contributed by atoms with Crippen molar-refractivity contribution in [2.75, 3.05) is 11.9 Å². The molecule has 0 aliphatic rings. The minimum absolute atomic E-state index is 0.195. The van der Waals surface area contributed by atoms with E-state index >= 15 is 0 Å². The van der Waals surface area contributed by atoms with Crippen molar-refractivity contribution in [3.05, 3.63) is 18.2 Å². The molecule has 5 nitrogen and oxygen atoms in total. The van der Waals surface area contributed by atoms with Crippen LogP contribution in [0.3, 0.4) is 0 Å². The van der Waals surface area contributed by atoms with E-state index in [4.69, 9.17) is 4.74 Å². The van der Waals surface area contributed by atoms with E-state index in [2.05, 4.69) is 15.3 Å². The van der Waals surface area contributed by atoms with Crippen LogP contribution in [-0.2, 0) is 9.53 Å². The monoisotopic (exact) mass is 241 g/mol. The van der Waals surface area contributed by atoms with Crippen LogP contribution in [-0.4, -0.2) is 28.6 Å². The summed E-state index contributed by atoms with van der Waals surface area (Å²) in [6.07, 6.45) is 2.13. The van der Waals surface area contributed by atoms with Crippen LogP contribution in [0.1, 0.15) is 20.8 Å². The van der Waals surface area contributed by atoms with Crippen molar-refractivity contribution in [3.8, 4) is 0 Å². The van der Waals surface area contributed by atoms with Crippen molar-refractivity contribution >= 4 is 11.9 Å². The van der Waals surface area contributed by atoms with Gasteiger partial charge in [0.1, 0.15) is 0 Å². The van der Waals surface area contributed by atoms with Gasteiger partial charge in [-0.25, -0.2) is 14.4 Å². The lowest BCUT2D eigenvalue weighted by Crippen LogP contribution is -2.31. The molecule has 0 aliphatic heterocycles. The van der Waals surface area contributed by atoms with Crippen LogP contribution in [0.15, 0.2) is 12.4 Å². The number of anilines is 1. The SMILES string of the molecule is CCOC(=O)C(C)C(C)Nc1ncc(F)cn1. The van der Waals surface area contributed by atoms with E-state index in [1.165, 1.54) is 0 Å². The molecule has 1 rings (SSSR count). The molecule has 1 N–H and O–H groups in total. The van der Waals surface area contributed by atoms with Gasteiger partial charge < -0.3 is 10.1 Å². The number of ether oxygens (including phenoxy) is 1. The number of nitrogens with zero attached hydrogens (tertiary/aromatic N) is 2. The zero-order chi connectivity index (χ0) is 12.8. The van der Waals surface area contributed by atoms with Gasteiger partial charge in [0.05, 0.1) is 24.9 Å². The molecule has 2 unspecified atom stereocenters. The first-order valence-corrected chi connectivity index (χ1v) is 5.45. The highest BCUT2D eigenvalue weighted by Crippen LogP contribution is 2.10. The first-order chi connectivity index (χ1) is 8.04. The lowest BCUT2D eigenvalue weighted by molar-refractivity contribution is -0.147. The largest absolute Gasteiger partial charge is 0.466 e. The molecular formula is C11H16FN3O2. The fourth-order valence-electron chi connectivity index (χ4n) is 1.19. The predicted molar refractivity (Wildman–Crippen MR) is 60.9 cm³/mol. The van der Waals surface area contributed by atoms with Crippen molar-refractivity contribution in [3.63, 3.8) is 0 Å². The number of esters is 1. The summed E-state index contributed by atoms with van der Waals surface area (Å²) in [7, 11) is 0. The van der Waals surface area contributed by atoms with Crippen molar-refractivity contribution < 1.29 is 13.9 Å². The van der Waals surface area contributed by atoms with E-state index in [9.17, 15) is 9.18 Å². The topological polar surface area (TPSA) is 64.1 Å². The van der Waals surface area contributed by atoms with Crippen molar-refractivity contribution in [2.24, 2.45) is 5.92 Å². The van der Waals surface area contributed by atoms with Gasteiger partial charge >= 0.3 is 5.97 Å². The third-order valence-corrected chi connectivity index (χ3v) is 2.39. The van der Waals surface area contributed by atoms with E-state index in [0.717, 1.165) is 12.4 Å². The molecule has 17 heavy (non-hydrogen) atoms. The summed E-state index contributed by atoms with van der Waals surface area (Å²) in [5.41, 5.74) is 0. The lowest BCUT2D eigenvalue weighted by Gasteiger charge is -2.19. The highest BCUT2D eigenvalue weighted by Gasteiger charge is 2.21. The van der Waals surface area contributed by atoms with E-state index < -0.39 is 5.82 Å². The third-order valence-electron chi connectivity index (χ3n) is 2.39. The molecule has 2 atom stereocenters. The second-order valence-electron chi connectivity index (χ2n) is 3.70. The highest BCUT2D eigenvalue weighted by atomic mass is 19.1. The van der Waals surface area contributed by atoms with Crippen LogP contribution in [0.5, 0.6) is 0 Å². The summed E-state index contributed by atoms with van der Waals surface area (Å²) in [6.45, 7) is 5.67. The molecule has 0 aliphatic carbocycles. The highest BCUT2D eigenvalue weighted by molar-refractivity contribution is 5.73. The lowest BCUT2D eigenvalue weighted by atomic mass is 10.0. The normalized spacial score (nSPS) is 13.9. The Morgan fingerprint density at radius 3 is 2.59 bits per heavy atom. The van der Waals surface area contributed by atoms with Gasteiger partial charge in [-0.2, -0.15) is 0 Å². The molecule has 6 heteroatoms. The summed E-state index contributed by atoms with van der Waals surface area (Å²) >= 11 is 0. The zero-order valence-corrected chi connectivity index (χ0v) is 10.1. The summed E-state index contributed by atoms with van der Waals surface area (Å²) in [5, 5.41) is 2.92. The van der Waals surface area contributed by atoms with E-state index in [1.54, 1.807) is 13.8 Å². The van der Waals surface area contributed by atoms with Crippen LogP contribution in [0.2, 0.25) is 0 Å². The number of hydrogen-bond acceptors (Lipinski definition) is 5. The van der Waals surface area contributed by atoms with Gasteiger partial charge in [0.15, 0.2) is 5.82 Å². The first-order valence-electron chi connectivity index (χ1n) is 5.45. The van der Waals surface area contributed by atoms with Gasteiger partial charge in [0.2, 0.25) is 5.95 Å². The van der Waals surface area contributed by atoms with Crippen molar-refractivity contribution in [2.45, 2.75) is 26.8 Å². The Kier molecular flexibility index (Phi) is 4.81. The van der Waals surface area contributed by atoms with Crippen LogP contribution in [0.4, 0.5) is 10.3 Å². The average Bonchev–Trinajstić information content (AvgIpc) is 2.31. The number of hydrogen-bond donors (Lipinski definition) is 1. The Balaban J connectivity index is 2.56. The van der Waals surface area contributed by atoms with Gasteiger partial charge in [-0.3, -0.25) is 4.79 Å². The maximum absolute atomic E-state index is 12.6. The standard InChI is InChI=1S/C11H16FN3O2/c1-4-17-10(16)7(2)8(3)15-11-13-5-9(12)6-14-11/h5-8H,4H2,1-3H3,(H,13,14,15). The first kappa shape index (κ1) is 13.3. The minimum atomic E-state index is -0.498. The Hall–Kier alpha value is -1.72. The fraction of sp³-hybridized carbons (Fsp3) is 0.545. The maximum Gasteiger partial charge on any atom is 0.310 e. The molecule has 0 aromatic carbocycles. The molecule has 0 radical (unpaired) electrons. The number of carbonyl (C=O) groups excluding carboxylic acids is 1. The molecular weight excluding hydrogens is 225 g/mol. The molecule has 0 bridgehead atoms. The quantitative estimate of drug-likeness (QED) is 0.793. The minimum Gasteiger partial charge on any atom is -0.466 e. The summed E-state index contributed by atoms with van der Waals surface area (Å²) in [5.74, 6) is -0.824. The molecule has 0 fully saturated rings. The molecule has 1 aromatic rings. The smallest absolute Gasteiger partial charge is 0.310 e. The summed E-state index contributed by atoms with van der Waals surface area (Å²) in [4.78, 5) is 19.0. The average molecular weight is 241 g/mol. The summed E-state index contributed by atoms with van der Waals surface area (Å²) in [6, 6.07) is -0.195. The zero-order valence-electron chi connectivity index (χ0n) is 10.1. The second kappa shape index (κ2) is 6.12. The van der Waals surface area contributed by atoms with Crippen LogP contribution < -0.4 is 5.32 Å². The van der Waals surface area contributed by atoms with Crippen molar-refractivity contribution in [1.29, 1.82) is 0 Å². The van der Waals surface area contributed by atoms with Gasteiger partial charge in [0.25, 0.3) is 0 Å². The number of carbonyl (C=O) groups is 1. The van der Waals surface area contributed by atoms with Crippen LogP contribution >= 0.6 is 0 Å². The number of halogens is 1. The molecule has 1 heterocycles. The molecule has 0 saturated heterocycles. The molecule has 0 spiro atoms. The van der Waals surface area contributed by atoms with Crippen LogP contribution in [0.25, 0.3) is 0 Å². The summed E-state index contributed by atoms with van der Waals surface area (Å²) < 4.78 is 17.5. The predicted octanol–water partition coefficient (Wildman–Crippen LogP) is 1.62. The number of rotatable bonds is 5. The van der Waals surface area contributed by atoms with E-state index in [1.807, 2.05) is 6.92 Å². The van der Waals surface area contributed by atoms with Gasteiger partial charge in [-0.1, -0.05) is 0 Å². The van der Waals surface area contributed by atoms with E-state index in [-0.39, 0.29) is 23.9 Å². The van der Waals surface area contributed by atoms with Crippen LogP contribution in [0, 0.1) is 11.7 Å². The van der Waals surface area contributed by atoms with E-state index in [0.29, 0.717) is 6.61 Å². The Bertz CT molecular complexity index is 369. The number of nitrogens with one attached hydrogen (secondary N) is 1. The van der Waals surface area contributed by atoms with Gasteiger partial charge in [-0.05, 0) is 20.8 Å². The van der Waals surface area contributed by atoms with Gasteiger partial charge in [-0.15, -0.1) is 0 Å². The molecule has 94 valence electrons. The maximum atomic E-state index is 12.6. The van der Waals surface area contributed by atoms with Gasteiger partial charge in [0, 0.05) is 6.04 Å². The van der Waals surface area contributed by atoms with Crippen molar-refractivity contribution in [1.82, 2.24) is 9.97 Å². The molecule has 0 amide bonds. The third kappa shape index (κ3) is 3.97. The number of aromatic nitrogens is 2.